The first-order chi connectivity index (χ1) is 17.1. The van der Waals surface area contributed by atoms with Crippen LogP contribution < -0.4 is 20.6 Å². The van der Waals surface area contributed by atoms with Gasteiger partial charge in [0, 0.05) is 17.1 Å². The molecule has 4 atom stereocenters. The molecule has 1 unspecified atom stereocenters. The standard InChI is InChI=1S/C21H26BrN4O9P/c1-4-17(27)23-16-9-10-26(21(29)24-16)18-11-32-19(34-18)12-33-36(30,25-13(2)20(28)31-3)35-15-7-5-14(22)6-8-15/h5-10,13,18-19H,4,11-12H2,1-3H3,(H,25,30)(H,23,24,27,29)/t13-,18-,19-,36?/m0/s1. The van der Waals surface area contributed by atoms with Crippen LogP contribution in [0, 0.1) is 0 Å². The predicted molar refractivity (Wildman–Crippen MR) is 130 cm³/mol. The van der Waals surface area contributed by atoms with E-state index in [2.05, 4.69) is 36.1 Å². The number of anilines is 1. The number of halogens is 1. The molecule has 0 aliphatic carbocycles. The molecule has 1 aliphatic heterocycles. The Morgan fingerprint density at radius 3 is 2.67 bits per heavy atom. The van der Waals surface area contributed by atoms with E-state index in [0.717, 1.165) is 4.47 Å². The van der Waals surface area contributed by atoms with E-state index in [9.17, 15) is 18.9 Å². The van der Waals surface area contributed by atoms with Gasteiger partial charge in [-0.3, -0.25) is 18.7 Å². The van der Waals surface area contributed by atoms with Gasteiger partial charge in [0.2, 0.25) is 5.91 Å². The van der Waals surface area contributed by atoms with Crippen LogP contribution in [0.25, 0.3) is 0 Å². The average molecular weight is 589 g/mol. The lowest BCUT2D eigenvalue weighted by Gasteiger charge is -2.23. The van der Waals surface area contributed by atoms with E-state index in [4.69, 9.17) is 18.5 Å². The first kappa shape index (κ1) is 28.0. The number of nitrogens with one attached hydrogen (secondary N) is 2. The van der Waals surface area contributed by atoms with E-state index in [1.165, 1.54) is 30.9 Å². The summed E-state index contributed by atoms with van der Waals surface area (Å²) in [5.74, 6) is -0.594. The third kappa shape index (κ3) is 7.69. The number of rotatable bonds is 11. The van der Waals surface area contributed by atoms with Crippen molar-refractivity contribution in [3.8, 4) is 5.75 Å². The third-order valence-corrected chi connectivity index (χ3v) is 6.96. The van der Waals surface area contributed by atoms with Gasteiger partial charge in [-0.25, -0.2) is 9.36 Å². The van der Waals surface area contributed by atoms with Crippen LogP contribution in [-0.4, -0.2) is 54.1 Å². The monoisotopic (exact) mass is 588 g/mol. The zero-order chi connectivity index (χ0) is 26.3. The van der Waals surface area contributed by atoms with E-state index < -0.39 is 38.0 Å². The van der Waals surface area contributed by atoms with Crippen LogP contribution in [0.1, 0.15) is 26.5 Å². The molecule has 1 saturated heterocycles. The Balaban J connectivity index is 1.65. The number of methoxy groups -OCH3 is 1. The number of esters is 1. The van der Waals surface area contributed by atoms with Gasteiger partial charge >= 0.3 is 19.4 Å². The van der Waals surface area contributed by atoms with Crippen molar-refractivity contribution in [2.45, 2.75) is 38.8 Å². The maximum absolute atomic E-state index is 13.4. The molecule has 0 radical (unpaired) electrons. The minimum Gasteiger partial charge on any atom is -0.468 e. The number of nitrogens with zero attached hydrogens (tertiary/aromatic N) is 2. The summed E-state index contributed by atoms with van der Waals surface area (Å²) < 4.78 is 42.3. The molecule has 1 amide bonds. The van der Waals surface area contributed by atoms with E-state index >= 15 is 0 Å². The van der Waals surface area contributed by atoms with Gasteiger partial charge in [-0.05, 0) is 37.3 Å². The van der Waals surface area contributed by atoms with Crippen LogP contribution in [0.2, 0.25) is 0 Å². The van der Waals surface area contributed by atoms with Gasteiger partial charge in [0.05, 0.1) is 13.7 Å². The molecule has 1 fully saturated rings. The second kappa shape index (κ2) is 12.6. The molecular formula is C21H26BrN4O9P. The van der Waals surface area contributed by atoms with Gasteiger partial charge in [-0.1, -0.05) is 22.9 Å². The lowest BCUT2D eigenvalue weighted by atomic mass is 10.3. The van der Waals surface area contributed by atoms with Crippen molar-refractivity contribution in [3.05, 3.63) is 51.5 Å². The van der Waals surface area contributed by atoms with Crippen LogP contribution in [-0.2, 0) is 32.9 Å². The van der Waals surface area contributed by atoms with E-state index in [1.54, 1.807) is 31.2 Å². The van der Waals surface area contributed by atoms with Crippen molar-refractivity contribution in [3.63, 3.8) is 0 Å². The molecular weight excluding hydrogens is 563 g/mol. The molecule has 15 heteroatoms. The Hall–Kier alpha value is -2.61. The highest BCUT2D eigenvalue weighted by atomic mass is 79.9. The van der Waals surface area contributed by atoms with Crippen LogP contribution >= 0.6 is 23.7 Å². The SMILES string of the molecule is CCC(=O)Nc1ccn([C@@H]2CO[C@H](COP(=O)(N[C@@H](C)C(=O)OC)Oc3ccc(Br)cc3)O2)c(=O)n1. The molecule has 3 rings (SSSR count). The van der Waals surface area contributed by atoms with E-state index in [1.807, 2.05) is 0 Å². The summed E-state index contributed by atoms with van der Waals surface area (Å²) in [4.78, 5) is 39.5. The minimum absolute atomic E-state index is 0.0137. The zero-order valence-electron chi connectivity index (χ0n) is 19.7. The van der Waals surface area contributed by atoms with Crippen LogP contribution in [0.4, 0.5) is 5.82 Å². The Kier molecular flexibility index (Phi) is 9.77. The number of aromatic nitrogens is 2. The number of carbonyl (C=O) groups is 2. The van der Waals surface area contributed by atoms with E-state index in [-0.39, 0.29) is 37.1 Å². The predicted octanol–water partition coefficient (Wildman–Crippen LogP) is 2.58. The Morgan fingerprint density at radius 2 is 2.03 bits per heavy atom. The molecule has 1 aromatic heterocycles. The summed E-state index contributed by atoms with van der Waals surface area (Å²) in [6.45, 7) is 2.76. The zero-order valence-corrected chi connectivity index (χ0v) is 22.2. The largest absolute Gasteiger partial charge is 0.468 e. The maximum atomic E-state index is 13.4. The van der Waals surface area contributed by atoms with Crippen molar-refractivity contribution >= 4 is 41.4 Å². The van der Waals surface area contributed by atoms with Crippen molar-refractivity contribution in [2.75, 3.05) is 25.6 Å². The summed E-state index contributed by atoms with van der Waals surface area (Å²) in [7, 11) is -2.91. The topological polar surface area (TPSA) is 156 Å². The summed E-state index contributed by atoms with van der Waals surface area (Å²) >= 11 is 3.30. The second-order valence-corrected chi connectivity index (χ2v) is 10.1. The highest BCUT2D eigenvalue weighted by Gasteiger charge is 2.36. The fourth-order valence-electron chi connectivity index (χ4n) is 2.96. The van der Waals surface area contributed by atoms with Crippen molar-refractivity contribution < 1.29 is 37.4 Å². The fraction of sp³-hybridized carbons (Fsp3) is 0.429. The second-order valence-electron chi connectivity index (χ2n) is 7.47. The van der Waals surface area contributed by atoms with Crippen molar-refractivity contribution in [1.29, 1.82) is 0 Å². The first-order valence-corrected chi connectivity index (χ1v) is 13.2. The maximum Gasteiger partial charge on any atom is 0.459 e. The normalized spacial score (nSPS) is 19.8. The average Bonchev–Trinajstić information content (AvgIpc) is 3.32. The van der Waals surface area contributed by atoms with Gasteiger partial charge in [0.15, 0.2) is 12.5 Å². The molecule has 1 aliphatic rings. The molecule has 196 valence electrons. The molecule has 2 aromatic rings. The fourth-order valence-corrected chi connectivity index (χ4v) is 4.70. The molecule has 2 heterocycles. The highest BCUT2D eigenvalue weighted by molar-refractivity contribution is 9.10. The van der Waals surface area contributed by atoms with Gasteiger partial charge in [0.1, 0.15) is 24.2 Å². The van der Waals surface area contributed by atoms with Gasteiger partial charge in [-0.15, -0.1) is 0 Å². The lowest BCUT2D eigenvalue weighted by Crippen LogP contribution is -2.35. The number of hydrogen-bond acceptors (Lipinski definition) is 10. The highest BCUT2D eigenvalue weighted by Crippen LogP contribution is 2.45. The molecule has 0 bridgehead atoms. The van der Waals surface area contributed by atoms with Crippen LogP contribution in [0.5, 0.6) is 5.75 Å². The molecule has 2 N–H and O–H groups in total. The Bertz CT molecular complexity index is 1180. The first-order valence-electron chi connectivity index (χ1n) is 10.8. The van der Waals surface area contributed by atoms with Crippen molar-refractivity contribution in [2.24, 2.45) is 0 Å². The van der Waals surface area contributed by atoms with Gasteiger partial charge in [0.25, 0.3) is 0 Å². The molecule has 0 saturated carbocycles. The van der Waals surface area contributed by atoms with Gasteiger partial charge in [-0.2, -0.15) is 10.1 Å². The third-order valence-electron chi connectivity index (χ3n) is 4.79. The number of amides is 1. The molecule has 0 spiro atoms. The number of hydrogen-bond donors (Lipinski definition) is 2. The number of carbonyl (C=O) groups excluding carboxylic acids is 2. The number of ether oxygens (including phenoxy) is 3. The quantitative estimate of drug-likeness (QED) is 0.293. The van der Waals surface area contributed by atoms with Gasteiger partial charge < -0.3 is 24.1 Å². The molecule has 1 aromatic carbocycles. The van der Waals surface area contributed by atoms with Crippen molar-refractivity contribution in [1.82, 2.24) is 14.6 Å². The summed E-state index contributed by atoms with van der Waals surface area (Å²) in [5, 5.41) is 5.03. The summed E-state index contributed by atoms with van der Waals surface area (Å²) in [5.41, 5.74) is -0.656. The molecule has 13 nitrogen and oxygen atoms in total. The Labute approximate surface area is 215 Å². The lowest BCUT2D eigenvalue weighted by molar-refractivity contribution is -0.142. The minimum atomic E-state index is -4.10. The van der Waals surface area contributed by atoms with Crippen LogP contribution in [0.3, 0.4) is 0 Å². The van der Waals surface area contributed by atoms with Crippen LogP contribution in [0.15, 0.2) is 45.8 Å². The summed E-state index contributed by atoms with van der Waals surface area (Å²) in [6, 6.07) is 6.94. The summed E-state index contributed by atoms with van der Waals surface area (Å²) in [6.07, 6.45) is -0.171. The number of benzene rings is 1. The smallest absolute Gasteiger partial charge is 0.459 e. The van der Waals surface area contributed by atoms with E-state index in [0.29, 0.717) is 0 Å². The molecule has 36 heavy (non-hydrogen) atoms. The Morgan fingerprint density at radius 1 is 1.31 bits per heavy atom.